The van der Waals surface area contributed by atoms with E-state index < -0.39 is 6.04 Å². The maximum absolute atomic E-state index is 13.0. The summed E-state index contributed by atoms with van der Waals surface area (Å²) in [5.41, 5.74) is 1.71. The lowest BCUT2D eigenvalue weighted by Gasteiger charge is -2.18. The Labute approximate surface area is 184 Å². The predicted octanol–water partition coefficient (Wildman–Crippen LogP) is 3.14. The predicted molar refractivity (Wildman–Crippen MR) is 120 cm³/mol. The van der Waals surface area contributed by atoms with Gasteiger partial charge >= 0.3 is 0 Å². The van der Waals surface area contributed by atoms with Gasteiger partial charge < -0.3 is 10.4 Å². The van der Waals surface area contributed by atoms with Crippen molar-refractivity contribution in [3.63, 3.8) is 0 Å². The first-order valence-electron chi connectivity index (χ1n) is 9.41. The molecule has 2 N–H and O–H groups in total. The summed E-state index contributed by atoms with van der Waals surface area (Å²) in [6.07, 6.45) is 2.24. The molecule has 0 aliphatic carbocycles. The van der Waals surface area contributed by atoms with Crippen molar-refractivity contribution in [3.8, 4) is 0 Å². The molecule has 1 aliphatic heterocycles. The van der Waals surface area contributed by atoms with E-state index in [1.165, 1.54) is 17.0 Å². The Balaban J connectivity index is 1.54. The lowest BCUT2D eigenvalue weighted by atomic mass is 10.1. The number of aliphatic hydroxyl groups excluding tert-OH is 1. The normalized spacial score (nSPS) is 16.2. The topological polar surface area (TPSA) is 69.6 Å². The van der Waals surface area contributed by atoms with Gasteiger partial charge in [-0.15, -0.1) is 0 Å². The summed E-state index contributed by atoms with van der Waals surface area (Å²) in [7, 11) is 0. The minimum absolute atomic E-state index is 0.0710. The minimum Gasteiger partial charge on any atom is -0.394 e. The number of carbonyl (C=O) groups excluding carboxylic acids is 2. The molecule has 1 fully saturated rings. The van der Waals surface area contributed by atoms with Gasteiger partial charge in [-0.2, -0.15) is 0 Å². The number of aliphatic hydroxyl groups is 1. The molecule has 0 saturated carbocycles. The van der Waals surface area contributed by atoms with Crippen molar-refractivity contribution in [3.05, 3.63) is 76.4 Å². The molecule has 1 saturated heterocycles. The van der Waals surface area contributed by atoms with Gasteiger partial charge in [-0.3, -0.25) is 14.5 Å². The van der Waals surface area contributed by atoms with Crippen LogP contribution in [0.2, 0.25) is 0 Å². The highest BCUT2D eigenvalue weighted by Gasteiger charge is 2.32. The zero-order chi connectivity index (χ0) is 21.5. The number of nitrogens with zero attached hydrogens (tertiary/aromatic N) is 1. The van der Waals surface area contributed by atoms with Crippen LogP contribution in [0.3, 0.4) is 0 Å². The maximum atomic E-state index is 13.0. The molecular weight excluding hydrogens is 423 g/mol. The Morgan fingerprint density at radius 2 is 1.90 bits per heavy atom. The van der Waals surface area contributed by atoms with E-state index in [0.29, 0.717) is 21.2 Å². The molecule has 2 amide bonds. The monoisotopic (exact) mass is 444 g/mol. The molecule has 8 heteroatoms. The zero-order valence-electron chi connectivity index (χ0n) is 16.1. The molecule has 2 aromatic carbocycles. The fourth-order valence-electron chi connectivity index (χ4n) is 2.98. The summed E-state index contributed by atoms with van der Waals surface area (Å²) in [5, 5.41) is 12.4. The zero-order valence-corrected chi connectivity index (χ0v) is 17.7. The molecule has 5 nitrogen and oxygen atoms in total. The van der Waals surface area contributed by atoms with Gasteiger partial charge in [-0.25, -0.2) is 4.39 Å². The van der Waals surface area contributed by atoms with Gasteiger partial charge in [0.25, 0.3) is 5.91 Å². The van der Waals surface area contributed by atoms with Gasteiger partial charge in [-0.05, 0) is 35.8 Å². The second-order valence-corrected chi connectivity index (χ2v) is 8.45. The van der Waals surface area contributed by atoms with Crippen molar-refractivity contribution in [2.75, 3.05) is 13.2 Å². The van der Waals surface area contributed by atoms with Crippen molar-refractivity contribution in [2.45, 2.75) is 18.9 Å². The van der Waals surface area contributed by atoms with E-state index >= 15 is 0 Å². The van der Waals surface area contributed by atoms with E-state index in [9.17, 15) is 19.1 Å². The highest BCUT2D eigenvalue weighted by Crippen LogP contribution is 2.32. The number of halogens is 1. The molecule has 2 aromatic rings. The number of amides is 2. The third-order valence-electron chi connectivity index (χ3n) is 4.51. The van der Waals surface area contributed by atoms with E-state index in [0.717, 1.165) is 17.3 Å². The number of hydrogen-bond acceptors (Lipinski definition) is 5. The van der Waals surface area contributed by atoms with Gasteiger partial charge in [0.15, 0.2) is 0 Å². The van der Waals surface area contributed by atoms with E-state index in [4.69, 9.17) is 12.2 Å². The second-order valence-electron chi connectivity index (χ2n) is 6.77. The molecule has 0 spiro atoms. The number of carbonyl (C=O) groups is 2. The van der Waals surface area contributed by atoms with Crippen LogP contribution in [0.1, 0.15) is 17.5 Å². The van der Waals surface area contributed by atoms with Gasteiger partial charge in [0.05, 0.1) is 17.6 Å². The van der Waals surface area contributed by atoms with Crippen molar-refractivity contribution in [1.29, 1.82) is 0 Å². The van der Waals surface area contributed by atoms with E-state index in [1.54, 1.807) is 18.2 Å². The van der Waals surface area contributed by atoms with Crippen LogP contribution in [0, 0.1) is 5.82 Å². The molecule has 1 atom stereocenters. The van der Waals surface area contributed by atoms with Crippen LogP contribution in [0.25, 0.3) is 6.08 Å². The number of nitrogens with one attached hydrogen (secondary N) is 1. The number of hydrogen-bond donors (Lipinski definition) is 2. The van der Waals surface area contributed by atoms with E-state index in [2.05, 4.69) is 5.32 Å². The van der Waals surface area contributed by atoms with Crippen LogP contribution in [-0.2, 0) is 16.0 Å². The molecule has 3 rings (SSSR count). The van der Waals surface area contributed by atoms with Gasteiger partial charge in [-0.1, -0.05) is 66.4 Å². The third kappa shape index (κ3) is 5.98. The Bertz CT molecular complexity index is 949. The molecule has 1 heterocycles. The lowest BCUT2D eigenvalue weighted by Crippen LogP contribution is -2.41. The summed E-state index contributed by atoms with van der Waals surface area (Å²) in [5.74, 6) is -0.883. The minimum atomic E-state index is -0.399. The van der Waals surface area contributed by atoms with Gasteiger partial charge in [0.1, 0.15) is 10.1 Å². The molecule has 1 unspecified atom stereocenters. The molecule has 0 bridgehead atoms. The van der Waals surface area contributed by atoms with Crippen molar-refractivity contribution in [2.24, 2.45) is 0 Å². The fraction of sp³-hybridized carbons (Fsp3) is 0.227. The van der Waals surface area contributed by atoms with Crippen LogP contribution in [0.5, 0.6) is 0 Å². The van der Waals surface area contributed by atoms with Crippen molar-refractivity contribution in [1.82, 2.24) is 10.2 Å². The number of thiocarbonyl (C=S) groups is 1. The maximum Gasteiger partial charge on any atom is 0.266 e. The summed E-state index contributed by atoms with van der Waals surface area (Å²) in [4.78, 5) is 26.8. The average Bonchev–Trinajstić information content (AvgIpc) is 3.01. The average molecular weight is 445 g/mol. The second kappa shape index (κ2) is 10.5. The smallest absolute Gasteiger partial charge is 0.266 e. The summed E-state index contributed by atoms with van der Waals surface area (Å²) < 4.78 is 13.4. The first-order valence-corrected chi connectivity index (χ1v) is 10.6. The van der Waals surface area contributed by atoms with Gasteiger partial charge in [0.2, 0.25) is 5.91 Å². The van der Waals surface area contributed by atoms with Crippen LogP contribution in [0.4, 0.5) is 4.39 Å². The third-order valence-corrected chi connectivity index (χ3v) is 5.89. The molecule has 1 aliphatic rings. The summed E-state index contributed by atoms with van der Waals surface area (Å²) in [6.45, 7) is -0.0250. The molecular formula is C22H21FN2O3S2. The lowest BCUT2D eigenvalue weighted by molar-refractivity contribution is -0.124. The quantitative estimate of drug-likeness (QED) is 0.484. The summed E-state index contributed by atoms with van der Waals surface area (Å²) >= 11 is 6.43. The Kier molecular flexibility index (Phi) is 7.73. The van der Waals surface area contributed by atoms with Crippen LogP contribution >= 0.6 is 24.0 Å². The largest absolute Gasteiger partial charge is 0.394 e. The first-order chi connectivity index (χ1) is 14.5. The Hall–Kier alpha value is -2.55. The fourth-order valence-corrected chi connectivity index (χ4v) is 4.28. The molecule has 0 radical (unpaired) electrons. The number of benzene rings is 2. The highest BCUT2D eigenvalue weighted by molar-refractivity contribution is 8.26. The SMILES string of the molecule is O=C(CCN1C(=O)C(=Cc2ccc(F)cc2)SC1=S)NC(CO)Cc1ccccc1. The van der Waals surface area contributed by atoms with E-state index in [-0.39, 0.29) is 37.2 Å². The number of rotatable bonds is 8. The van der Waals surface area contributed by atoms with Crippen LogP contribution in [-0.4, -0.2) is 45.3 Å². The van der Waals surface area contributed by atoms with Crippen molar-refractivity contribution < 1.29 is 19.1 Å². The van der Waals surface area contributed by atoms with E-state index in [1.807, 2.05) is 30.3 Å². The molecule has 0 aromatic heterocycles. The van der Waals surface area contributed by atoms with Gasteiger partial charge in [0, 0.05) is 13.0 Å². The highest BCUT2D eigenvalue weighted by atomic mass is 32.2. The molecule has 156 valence electrons. The Morgan fingerprint density at radius 3 is 2.57 bits per heavy atom. The van der Waals surface area contributed by atoms with Crippen molar-refractivity contribution >= 4 is 46.2 Å². The summed E-state index contributed by atoms with van der Waals surface area (Å²) in [6, 6.07) is 15.0. The van der Waals surface area contributed by atoms with Crippen LogP contribution < -0.4 is 5.32 Å². The Morgan fingerprint density at radius 1 is 1.20 bits per heavy atom. The first kappa shape index (κ1) is 22.1. The number of thioether (sulfide) groups is 1. The van der Waals surface area contributed by atoms with Crippen LogP contribution in [0.15, 0.2) is 59.5 Å². The molecule has 30 heavy (non-hydrogen) atoms. The standard InChI is InChI=1S/C22H21FN2O3S2/c23-17-8-6-16(7-9-17)13-19-21(28)25(22(29)30-19)11-10-20(27)24-18(14-26)12-15-4-2-1-3-5-15/h1-9,13,18,26H,10-12,14H2,(H,24,27).